The first-order chi connectivity index (χ1) is 7.11. The maximum atomic E-state index is 11.5. The van der Waals surface area contributed by atoms with Crippen molar-refractivity contribution in [2.45, 2.75) is 13.8 Å². The molecule has 1 saturated carbocycles. The molecule has 0 radical (unpaired) electrons. The molecule has 1 saturated heterocycles. The van der Waals surface area contributed by atoms with Gasteiger partial charge in [0, 0.05) is 11.8 Å². The van der Waals surface area contributed by atoms with E-state index < -0.39 is 0 Å². The highest BCUT2D eigenvalue weighted by atomic mass is 16.6. The number of cyclic esters (lactones) is 2. The minimum Gasteiger partial charge on any atom is -0.393 e. The van der Waals surface area contributed by atoms with Gasteiger partial charge < -0.3 is 4.74 Å². The number of hydrogen-bond donors (Lipinski definition) is 0. The maximum absolute atomic E-state index is 11.5. The van der Waals surface area contributed by atoms with Crippen molar-refractivity contribution in [3.05, 3.63) is 23.3 Å². The average Bonchev–Trinajstić information content (AvgIpc) is 2.77. The van der Waals surface area contributed by atoms with Crippen LogP contribution in [0, 0.1) is 23.7 Å². The molecule has 2 aliphatic carbocycles. The van der Waals surface area contributed by atoms with Gasteiger partial charge in [-0.1, -0.05) is 23.3 Å². The Morgan fingerprint density at radius 3 is 1.93 bits per heavy atom. The van der Waals surface area contributed by atoms with Crippen molar-refractivity contribution >= 4 is 11.9 Å². The molecule has 15 heavy (non-hydrogen) atoms. The zero-order valence-corrected chi connectivity index (χ0v) is 8.69. The fraction of sp³-hybridized carbons (Fsp3) is 0.500. The highest BCUT2D eigenvalue weighted by molar-refractivity contribution is 5.99. The van der Waals surface area contributed by atoms with Gasteiger partial charge in [-0.05, 0) is 13.8 Å². The van der Waals surface area contributed by atoms with Crippen LogP contribution < -0.4 is 0 Å². The number of allylic oxidation sites excluding steroid dienone is 4. The Morgan fingerprint density at radius 2 is 1.53 bits per heavy atom. The van der Waals surface area contributed by atoms with Gasteiger partial charge in [0.05, 0.1) is 11.8 Å². The van der Waals surface area contributed by atoms with Crippen LogP contribution in [-0.2, 0) is 14.3 Å². The van der Waals surface area contributed by atoms with E-state index in [1.54, 1.807) is 0 Å². The Balaban J connectivity index is 2.13. The van der Waals surface area contributed by atoms with E-state index in [1.807, 2.05) is 26.0 Å². The predicted octanol–water partition coefficient (Wildman–Crippen LogP) is 1.45. The summed E-state index contributed by atoms with van der Waals surface area (Å²) in [5.74, 6) is -0.913. The molecule has 3 aliphatic rings. The van der Waals surface area contributed by atoms with Gasteiger partial charge in [0.15, 0.2) is 0 Å². The number of fused-ring (bicyclic) bond motifs is 5. The molecule has 1 aliphatic heterocycles. The molecule has 2 bridgehead atoms. The zero-order valence-electron chi connectivity index (χ0n) is 8.69. The second-order valence-corrected chi connectivity index (χ2v) is 4.68. The normalized spacial score (nSPS) is 41.1. The third-order valence-electron chi connectivity index (χ3n) is 3.73. The zero-order chi connectivity index (χ0) is 10.7. The second-order valence-electron chi connectivity index (χ2n) is 4.68. The summed E-state index contributed by atoms with van der Waals surface area (Å²) in [6.45, 7) is 4.08. The lowest BCUT2D eigenvalue weighted by atomic mass is 9.85. The predicted molar refractivity (Wildman–Crippen MR) is 52.6 cm³/mol. The maximum Gasteiger partial charge on any atom is 0.318 e. The van der Waals surface area contributed by atoms with Crippen LogP contribution in [0.1, 0.15) is 13.8 Å². The molecule has 0 aromatic rings. The Hall–Kier alpha value is -1.38. The van der Waals surface area contributed by atoms with E-state index >= 15 is 0 Å². The first kappa shape index (κ1) is 8.89. The van der Waals surface area contributed by atoms with Gasteiger partial charge >= 0.3 is 11.9 Å². The molecule has 0 unspecified atom stereocenters. The number of esters is 2. The van der Waals surface area contributed by atoms with E-state index in [1.165, 1.54) is 11.1 Å². The molecule has 1 heterocycles. The average molecular weight is 204 g/mol. The van der Waals surface area contributed by atoms with Crippen LogP contribution in [0.25, 0.3) is 0 Å². The van der Waals surface area contributed by atoms with Crippen LogP contribution in [0.2, 0.25) is 0 Å². The molecular formula is C12H12O3. The van der Waals surface area contributed by atoms with Gasteiger partial charge in [-0.25, -0.2) is 0 Å². The van der Waals surface area contributed by atoms with Crippen LogP contribution in [0.3, 0.4) is 0 Å². The highest BCUT2D eigenvalue weighted by Gasteiger charge is 2.60. The standard InChI is InChI=1S/C12H12O3/c1-5(2)8-6-3-4-7(8)10-9(6)11(13)15-12(10)14/h3-4,6-7,9-10H,1-2H3/t6-,7-,9+,10+/m1/s1. The van der Waals surface area contributed by atoms with E-state index in [-0.39, 0.29) is 35.6 Å². The first-order valence-electron chi connectivity index (χ1n) is 5.22. The topological polar surface area (TPSA) is 43.4 Å². The third kappa shape index (κ3) is 0.907. The lowest BCUT2D eigenvalue weighted by molar-refractivity contribution is -0.154. The van der Waals surface area contributed by atoms with E-state index in [2.05, 4.69) is 0 Å². The van der Waals surface area contributed by atoms with Crippen molar-refractivity contribution in [3.8, 4) is 0 Å². The molecule has 2 fully saturated rings. The van der Waals surface area contributed by atoms with Crippen molar-refractivity contribution in [2.75, 3.05) is 0 Å². The van der Waals surface area contributed by atoms with E-state index in [9.17, 15) is 9.59 Å². The van der Waals surface area contributed by atoms with Crippen LogP contribution >= 0.6 is 0 Å². The summed E-state index contributed by atoms with van der Waals surface area (Å²) in [4.78, 5) is 23.0. The van der Waals surface area contributed by atoms with Crippen LogP contribution in [-0.4, -0.2) is 11.9 Å². The monoisotopic (exact) mass is 204 g/mol. The molecule has 3 heteroatoms. The Labute approximate surface area is 87.8 Å². The molecule has 78 valence electrons. The largest absolute Gasteiger partial charge is 0.393 e. The van der Waals surface area contributed by atoms with Crippen LogP contribution in [0.5, 0.6) is 0 Å². The second kappa shape index (κ2) is 2.60. The Morgan fingerprint density at radius 1 is 1.07 bits per heavy atom. The van der Waals surface area contributed by atoms with E-state index in [4.69, 9.17) is 4.74 Å². The Kier molecular flexibility index (Phi) is 1.54. The summed E-state index contributed by atoms with van der Waals surface area (Å²) in [5.41, 5.74) is 2.49. The van der Waals surface area contributed by atoms with Crippen molar-refractivity contribution in [2.24, 2.45) is 23.7 Å². The lowest BCUT2D eigenvalue weighted by Gasteiger charge is -2.11. The summed E-state index contributed by atoms with van der Waals surface area (Å²) in [6.07, 6.45) is 4.10. The lowest BCUT2D eigenvalue weighted by Crippen LogP contribution is -2.21. The summed E-state index contributed by atoms with van der Waals surface area (Å²) >= 11 is 0. The van der Waals surface area contributed by atoms with Crippen LogP contribution in [0.4, 0.5) is 0 Å². The molecule has 3 rings (SSSR count). The molecule has 0 aromatic carbocycles. The fourth-order valence-electron chi connectivity index (χ4n) is 3.23. The molecule has 4 atom stereocenters. The summed E-state index contributed by atoms with van der Waals surface area (Å²) in [6, 6.07) is 0. The van der Waals surface area contributed by atoms with Crippen LogP contribution in [0.15, 0.2) is 23.3 Å². The molecule has 3 nitrogen and oxygen atoms in total. The summed E-state index contributed by atoms with van der Waals surface area (Å²) in [7, 11) is 0. The minimum atomic E-state index is -0.333. The SMILES string of the molecule is CC(C)=C1[C@H]2C=C[C@H]1[C@@H]1C(=O)OC(=O)[C@H]12. The van der Waals surface area contributed by atoms with Gasteiger partial charge in [-0.3, -0.25) is 9.59 Å². The van der Waals surface area contributed by atoms with Crippen molar-refractivity contribution in [1.82, 2.24) is 0 Å². The highest BCUT2D eigenvalue weighted by Crippen LogP contribution is 2.55. The van der Waals surface area contributed by atoms with E-state index in [0.717, 1.165) is 0 Å². The Bertz CT molecular complexity index is 394. The van der Waals surface area contributed by atoms with Crippen molar-refractivity contribution in [3.63, 3.8) is 0 Å². The van der Waals surface area contributed by atoms with Gasteiger partial charge in [0.25, 0.3) is 0 Å². The molecule has 0 amide bonds. The van der Waals surface area contributed by atoms with Gasteiger partial charge in [-0.2, -0.15) is 0 Å². The van der Waals surface area contributed by atoms with Gasteiger partial charge in [0.1, 0.15) is 0 Å². The first-order valence-corrected chi connectivity index (χ1v) is 5.22. The molecule has 0 spiro atoms. The quantitative estimate of drug-likeness (QED) is 0.341. The van der Waals surface area contributed by atoms with Crippen molar-refractivity contribution < 1.29 is 14.3 Å². The van der Waals surface area contributed by atoms with Crippen molar-refractivity contribution in [1.29, 1.82) is 0 Å². The summed E-state index contributed by atoms with van der Waals surface area (Å²) < 4.78 is 4.70. The van der Waals surface area contributed by atoms with Gasteiger partial charge in [-0.15, -0.1) is 0 Å². The third-order valence-corrected chi connectivity index (χ3v) is 3.73. The fourth-order valence-corrected chi connectivity index (χ4v) is 3.23. The number of ether oxygens (including phenoxy) is 1. The minimum absolute atomic E-state index is 0.115. The smallest absolute Gasteiger partial charge is 0.318 e. The van der Waals surface area contributed by atoms with E-state index in [0.29, 0.717) is 0 Å². The number of carbonyl (C=O) groups is 2. The molecular weight excluding hydrogens is 192 g/mol. The summed E-state index contributed by atoms with van der Waals surface area (Å²) in [5, 5.41) is 0. The number of hydrogen-bond acceptors (Lipinski definition) is 3. The van der Waals surface area contributed by atoms with Gasteiger partial charge in [0.2, 0.25) is 0 Å². The molecule has 0 aromatic heterocycles. The molecule has 0 N–H and O–H groups in total. The number of carbonyl (C=O) groups excluding carboxylic acids is 2. The number of rotatable bonds is 0.